The number of benzene rings is 1. The van der Waals surface area contributed by atoms with E-state index in [1.165, 1.54) is 16.7 Å². The highest BCUT2D eigenvalue weighted by Gasteiger charge is 2.38. The van der Waals surface area contributed by atoms with E-state index in [1.54, 1.807) is 31.3 Å². The maximum atomic E-state index is 12.2. The molecular formula is C12H14Cl4N2OS. The van der Waals surface area contributed by atoms with E-state index >= 15 is 0 Å². The summed E-state index contributed by atoms with van der Waals surface area (Å²) in [7, 11) is 1.58. The van der Waals surface area contributed by atoms with Crippen molar-refractivity contribution in [1.82, 2.24) is 4.90 Å². The number of alkyl halides is 3. The number of hydrogen-bond donors (Lipinski definition) is 1. The topological polar surface area (TPSA) is 32.3 Å². The van der Waals surface area contributed by atoms with Gasteiger partial charge in [-0.1, -0.05) is 59.4 Å². The molecule has 0 saturated carbocycles. The Morgan fingerprint density at radius 1 is 1.45 bits per heavy atom. The molecule has 2 amide bonds. The SMILES string of the molecule is CCSC(N(C)C(=O)Nc1cccc(Cl)c1)C(Cl)(Cl)Cl. The molecule has 112 valence electrons. The average molecular weight is 376 g/mol. The molecule has 0 radical (unpaired) electrons. The van der Waals surface area contributed by atoms with Gasteiger partial charge < -0.3 is 10.2 Å². The highest BCUT2D eigenvalue weighted by molar-refractivity contribution is 8.00. The second-order valence-corrected chi connectivity index (χ2v) is 8.06. The number of carbonyl (C=O) groups is 1. The Kier molecular flexibility index (Phi) is 7.09. The second-order valence-electron chi connectivity index (χ2n) is 3.90. The molecule has 0 aromatic heterocycles. The van der Waals surface area contributed by atoms with Crippen LogP contribution in [0.15, 0.2) is 24.3 Å². The first-order valence-corrected chi connectivity index (χ1v) is 8.29. The minimum atomic E-state index is -1.57. The number of rotatable bonds is 4. The predicted octanol–water partition coefficient (Wildman–Crippen LogP) is 5.25. The molecule has 1 N–H and O–H groups in total. The van der Waals surface area contributed by atoms with Crippen molar-refractivity contribution < 1.29 is 4.79 Å². The highest BCUT2D eigenvalue weighted by Crippen LogP contribution is 2.39. The van der Waals surface area contributed by atoms with Crippen molar-refractivity contribution in [1.29, 1.82) is 0 Å². The summed E-state index contributed by atoms with van der Waals surface area (Å²) >= 11 is 25.0. The molecule has 1 rings (SSSR count). The van der Waals surface area contributed by atoms with Crippen LogP contribution in [0.5, 0.6) is 0 Å². The number of hydrogen-bond acceptors (Lipinski definition) is 2. The molecular weight excluding hydrogens is 362 g/mol. The number of thioether (sulfide) groups is 1. The number of nitrogens with zero attached hydrogens (tertiary/aromatic N) is 1. The van der Waals surface area contributed by atoms with Gasteiger partial charge in [-0.05, 0) is 24.0 Å². The summed E-state index contributed by atoms with van der Waals surface area (Å²) in [5.41, 5.74) is 0.582. The van der Waals surface area contributed by atoms with Crippen LogP contribution in [-0.2, 0) is 0 Å². The fraction of sp³-hybridized carbons (Fsp3) is 0.417. The van der Waals surface area contributed by atoms with Gasteiger partial charge in [0.05, 0.1) is 0 Å². The van der Waals surface area contributed by atoms with Crippen LogP contribution in [0.2, 0.25) is 5.02 Å². The fourth-order valence-corrected chi connectivity index (χ4v) is 3.49. The summed E-state index contributed by atoms with van der Waals surface area (Å²) in [5.74, 6) is 0.716. The average Bonchev–Trinajstić information content (AvgIpc) is 2.33. The summed E-state index contributed by atoms with van der Waals surface area (Å²) in [5, 5.41) is 2.65. The molecule has 0 aliphatic carbocycles. The van der Waals surface area contributed by atoms with Crippen LogP contribution in [0.1, 0.15) is 6.92 Å². The van der Waals surface area contributed by atoms with Crippen LogP contribution in [0.3, 0.4) is 0 Å². The number of nitrogens with one attached hydrogen (secondary N) is 1. The maximum Gasteiger partial charge on any atom is 0.322 e. The van der Waals surface area contributed by atoms with E-state index in [0.29, 0.717) is 16.5 Å². The third-order valence-corrected chi connectivity index (χ3v) is 4.91. The molecule has 1 atom stereocenters. The minimum Gasteiger partial charge on any atom is -0.311 e. The second kappa shape index (κ2) is 7.85. The van der Waals surface area contributed by atoms with Crippen molar-refractivity contribution in [2.24, 2.45) is 0 Å². The highest BCUT2D eigenvalue weighted by atomic mass is 35.6. The first-order valence-electron chi connectivity index (χ1n) is 5.73. The molecule has 20 heavy (non-hydrogen) atoms. The van der Waals surface area contributed by atoms with Gasteiger partial charge in [-0.25, -0.2) is 4.79 Å². The Morgan fingerprint density at radius 2 is 2.10 bits per heavy atom. The van der Waals surface area contributed by atoms with Gasteiger partial charge in [0.1, 0.15) is 5.37 Å². The van der Waals surface area contributed by atoms with Gasteiger partial charge >= 0.3 is 6.03 Å². The van der Waals surface area contributed by atoms with E-state index in [9.17, 15) is 4.79 Å². The quantitative estimate of drug-likeness (QED) is 0.575. The standard InChI is InChI=1S/C12H14Cl4N2OS/c1-3-20-10(12(14,15)16)18(2)11(19)17-9-6-4-5-8(13)7-9/h4-7,10H,3H2,1-2H3,(H,17,19). The van der Waals surface area contributed by atoms with Crippen molar-refractivity contribution in [3.63, 3.8) is 0 Å². The Balaban J connectivity index is 2.79. The molecule has 8 heteroatoms. The predicted molar refractivity (Wildman–Crippen MR) is 90.4 cm³/mol. The van der Waals surface area contributed by atoms with Crippen LogP contribution in [-0.4, -0.2) is 32.9 Å². The molecule has 1 aromatic rings. The van der Waals surface area contributed by atoms with Gasteiger partial charge in [0.25, 0.3) is 0 Å². The number of carbonyl (C=O) groups excluding carboxylic acids is 1. The molecule has 0 bridgehead atoms. The minimum absolute atomic E-state index is 0.371. The molecule has 0 saturated heterocycles. The largest absolute Gasteiger partial charge is 0.322 e. The van der Waals surface area contributed by atoms with Gasteiger partial charge in [-0.2, -0.15) is 0 Å². The molecule has 0 aliphatic rings. The first kappa shape index (κ1) is 18.1. The zero-order chi connectivity index (χ0) is 15.3. The Hall–Kier alpha value is -0.000000000000000111. The Labute approximate surface area is 142 Å². The monoisotopic (exact) mass is 374 g/mol. The van der Waals surface area contributed by atoms with Crippen LogP contribution < -0.4 is 5.32 Å². The lowest BCUT2D eigenvalue weighted by molar-refractivity contribution is 0.219. The molecule has 0 aliphatic heterocycles. The van der Waals surface area contributed by atoms with Gasteiger partial charge in [0.15, 0.2) is 0 Å². The van der Waals surface area contributed by atoms with E-state index in [2.05, 4.69) is 5.32 Å². The third-order valence-electron chi connectivity index (χ3n) is 2.35. The Bertz CT molecular complexity index is 467. The summed E-state index contributed by atoms with van der Waals surface area (Å²) in [6.07, 6.45) is 0. The van der Waals surface area contributed by atoms with E-state index in [1.807, 2.05) is 6.92 Å². The molecule has 0 spiro atoms. The van der Waals surface area contributed by atoms with E-state index in [-0.39, 0.29) is 6.03 Å². The van der Waals surface area contributed by atoms with Gasteiger partial charge in [0.2, 0.25) is 3.79 Å². The third kappa shape index (κ3) is 5.41. The van der Waals surface area contributed by atoms with Crippen LogP contribution in [0, 0.1) is 0 Å². The van der Waals surface area contributed by atoms with Crippen LogP contribution >= 0.6 is 58.2 Å². The van der Waals surface area contributed by atoms with E-state index in [4.69, 9.17) is 46.4 Å². The zero-order valence-corrected chi connectivity index (χ0v) is 14.7. The van der Waals surface area contributed by atoms with Crippen LogP contribution in [0.25, 0.3) is 0 Å². The van der Waals surface area contributed by atoms with Crippen molar-refractivity contribution >= 4 is 69.9 Å². The lowest BCUT2D eigenvalue weighted by atomic mass is 10.3. The summed E-state index contributed by atoms with van der Waals surface area (Å²) in [6.45, 7) is 1.93. The molecule has 1 unspecified atom stereocenters. The van der Waals surface area contributed by atoms with Crippen molar-refractivity contribution in [3.8, 4) is 0 Å². The normalized spacial score (nSPS) is 12.9. The number of amides is 2. The molecule has 0 fully saturated rings. The number of halogens is 4. The smallest absolute Gasteiger partial charge is 0.311 e. The van der Waals surface area contributed by atoms with Crippen LogP contribution in [0.4, 0.5) is 10.5 Å². The molecule has 3 nitrogen and oxygen atoms in total. The van der Waals surface area contributed by atoms with Crippen molar-refractivity contribution in [2.75, 3.05) is 18.1 Å². The van der Waals surface area contributed by atoms with Gasteiger partial charge in [-0.15, -0.1) is 11.8 Å². The number of urea groups is 1. The van der Waals surface area contributed by atoms with Crippen molar-refractivity contribution in [2.45, 2.75) is 16.1 Å². The van der Waals surface area contributed by atoms with Crippen molar-refractivity contribution in [3.05, 3.63) is 29.3 Å². The molecule has 0 heterocycles. The summed E-state index contributed by atoms with van der Waals surface area (Å²) in [6, 6.07) is 6.47. The zero-order valence-electron chi connectivity index (χ0n) is 10.9. The van der Waals surface area contributed by atoms with E-state index < -0.39 is 9.17 Å². The lowest BCUT2D eigenvalue weighted by Gasteiger charge is -2.32. The fourth-order valence-electron chi connectivity index (χ4n) is 1.47. The van der Waals surface area contributed by atoms with Gasteiger partial charge in [0, 0.05) is 17.8 Å². The maximum absolute atomic E-state index is 12.2. The number of anilines is 1. The Morgan fingerprint density at radius 3 is 2.60 bits per heavy atom. The first-order chi connectivity index (χ1) is 9.25. The van der Waals surface area contributed by atoms with Gasteiger partial charge in [-0.3, -0.25) is 0 Å². The summed E-state index contributed by atoms with van der Waals surface area (Å²) < 4.78 is -1.57. The molecule has 1 aromatic carbocycles. The summed E-state index contributed by atoms with van der Waals surface area (Å²) in [4.78, 5) is 13.5. The lowest BCUT2D eigenvalue weighted by Crippen LogP contribution is -2.45. The van der Waals surface area contributed by atoms with E-state index in [0.717, 1.165) is 0 Å².